The number of nitrogens with one attached hydrogen (secondary N) is 3. The molecule has 1 heterocycles. The quantitative estimate of drug-likeness (QED) is 0.0781. The molecule has 0 saturated heterocycles. The van der Waals surface area contributed by atoms with Crippen LogP contribution in [0.2, 0.25) is 5.02 Å². The molecule has 3 aromatic rings. The van der Waals surface area contributed by atoms with E-state index in [-0.39, 0.29) is 30.7 Å². The average Bonchev–Trinajstić information content (AvgIpc) is 4.08. The number of hydrogen-bond acceptors (Lipinski definition) is 11. The number of rotatable bonds is 20. The number of aliphatic hydroxyl groups is 5. The lowest BCUT2D eigenvalue weighted by molar-refractivity contribution is -0.0902. The third-order valence-electron chi connectivity index (χ3n) is 8.88. The van der Waals surface area contributed by atoms with Gasteiger partial charge in [-0.05, 0) is 80.0 Å². The second-order valence-electron chi connectivity index (χ2n) is 12.8. The largest absolute Gasteiger partial charge is 0.490 e. The molecule has 2 fully saturated rings. The lowest BCUT2D eigenvalue weighted by Crippen LogP contribution is -2.56. The zero-order valence-electron chi connectivity index (χ0n) is 27.9. The highest BCUT2D eigenvalue weighted by molar-refractivity contribution is 7.89. The molecule has 14 nitrogen and oxygen atoms in total. The average molecular weight is 749 g/mol. The SMILES string of the molecule is O=C(NCCCCNS(=O)(=O)c1ccc(Cl)c(COC2(c3cnccc3-c3ccccc3OC3CC3)CC2)c1)N[C@@H](CO)[C@@H](O)[C@H](O)[C@H](O)CO. The third kappa shape index (κ3) is 10.2. The molecule has 0 unspecified atom stereocenters. The number of amides is 2. The van der Waals surface area contributed by atoms with E-state index < -0.39 is 59.2 Å². The van der Waals surface area contributed by atoms with Gasteiger partial charge in [-0.2, -0.15) is 0 Å². The van der Waals surface area contributed by atoms with Gasteiger partial charge in [0.1, 0.15) is 24.1 Å². The highest BCUT2D eigenvalue weighted by Crippen LogP contribution is 2.53. The number of ether oxygens (including phenoxy) is 2. The Balaban J connectivity index is 1.12. The van der Waals surface area contributed by atoms with Crippen molar-refractivity contribution < 1.29 is 48.2 Å². The Morgan fingerprint density at radius 2 is 1.73 bits per heavy atom. The Bertz CT molecular complexity index is 1740. The van der Waals surface area contributed by atoms with E-state index in [0.717, 1.165) is 48.1 Å². The third-order valence-corrected chi connectivity index (χ3v) is 10.7. The Labute approximate surface area is 301 Å². The maximum Gasteiger partial charge on any atom is 0.315 e. The van der Waals surface area contributed by atoms with Crippen molar-refractivity contribution in [2.75, 3.05) is 26.3 Å². The topological polar surface area (TPSA) is 220 Å². The van der Waals surface area contributed by atoms with Crippen molar-refractivity contribution in [1.82, 2.24) is 20.3 Å². The lowest BCUT2D eigenvalue weighted by Gasteiger charge is -2.28. The van der Waals surface area contributed by atoms with E-state index in [1.165, 1.54) is 18.2 Å². The summed E-state index contributed by atoms with van der Waals surface area (Å²) in [5, 5.41) is 52.9. The van der Waals surface area contributed by atoms with Gasteiger partial charge in [0.2, 0.25) is 10.0 Å². The molecule has 2 aliphatic rings. The van der Waals surface area contributed by atoms with Crippen LogP contribution in [0.4, 0.5) is 4.79 Å². The van der Waals surface area contributed by atoms with Crippen molar-refractivity contribution in [3.05, 3.63) is 77.1 Å². The molecule has 4 atom stereocenters. The van der Waals surface area contributed by atoms with Gasteiger partial charge in [0.05, 0.1) is 42.5 Å². The molecule has 8 N–H and O–H groups in total. The summed E-state index contributed by atoms with van der Waals surface area (Å²) in [5.74, 6) is 0.820. The number of pyridine rings is 1. The van der Waals surface area contributed by atoms with Crippen LogP contribution >= 0.6 is 11.6 Å². The molecule has 0 spiro atoms. The molecular formula is C35H45ClN4O10S. The molecule has 0 radical (unpaired) electrons. The molecule has 1 aromatic heterocycles. The fourth-order valence-electron chi connectivity index (χ4n) is 5.57. The number of urea groups is 1. The zero-order valence-corrected chi connectivity index (χ0v) is 29.5. The van der Waals surface area contributed by atoms with Crippen molar-refractivity contribution in [3.8, 4) is 16.9 Å². The second kappa shape index (κ2) is 17.4. The predicted molar refractivity (Wildman–Crippen MR) is 187 cm³/mol. The van der Waals surface area contributed by atoms with Crippen LogP contribution in [0.1, 0.15) is 49.7 Å². The van der Waals surface area contributed by atoms with Crippen molar-refractivity contribution >= 4 is 27.7 Å². The first-order valence-corrected chi connectivity index (χ1v) is 18.8. The molecule has 51 heavy (non-hydrogen) atoms. The Morgan fingerprint density at radius 3 is 2.43 bits per heavy atom. The number of carbonyl (C=O) groups is 1. The maximum absolute atomic E-state index is 13.1. The van der Waals surface area contributed by atoms with Gasteiger partial charge in [0, 0.05) is 41.6 Å². The first kappa shape index (κ1) is 38.8. The van der Waals surface area contributed by atoms with Gasteiger partial charge in [-0.15, -0.1) is 0 Å². The Hall–Kier alpha value is -3.38. The smallest absolute Gasteiger partial charge is 0.315 e. The van der Waals surface area contributed by atoms with E-state index in [0.29, 0.717) is 23.4 Å². The molecule has 2 saturated carbocycles. The van der Waals surface area contributed by atoms with E-state index in [1.807, 2.05) is 36.5 Å². The summed E-state index contributed by atoms with van der Waals surface area (Å²) in [6, 6.07) is 12.3. The van der Waals surface area contributed by atoms with Gasteiger partial charge in [-0.25, -0.2) is 17.9 Å². The fourth-order valence-corrected chi connectivity index (χ4v) is 6.87. The fraction of sp³-hybridized carbons (Fsp3) is 0.486. The minimum absolute atomic E-state index is 0.0307. The molecule has 0 aliphatic heterocycles. The predicted octanol–water partition coefficient (Wildman–Crippen LogP) is 1.94. The Kier molecular flexibility index (Phi) is 13.3. The first-order valence-electron chi connectivity index (χ1n) is 16.9. The molecule has 278 valence electrons. The summed E-state index contributed by atoms with van der Waals surface area (Å²) in [7, 11) is -3.90. The molecule has 16 heteroatoms. The number of nitrogens with zero attached hydrogens (tertiary/aromatic N) is 1. The van der Waals surface area contributed by atoms with E-state index >= 15 is 0 Å². The van der Waals surface area contributed by atoms with Crippen LogP contribution in [-0.2, 0) is 27.0 Å². The highest BCUT2D eigenvalue weighted by Gasteiger charge is 2.48. The minimum atomic E-state index is -3.90. The van der Waals surface area contributed by atoms with Crippen molar-refractivity contribution in [3.63, 3.8) is 0 Å². The van der Waals surface area contributed by atoms with Crippen LogP contribution in [0.15, 0.2) is 65.8 Å². The van der Waals surface area contributed by atoms with Crippen LogP contribution in [0.25, 0.3) is 11.1 Å². The molecule has 2 aromatic carbocycles. The molecular weight excluding hydrogens is 704 g/mol. The molecule has 2 amide bonds. The van der Waals surface area contributed by atoms with Crippen LogP contribution < -0.4 is 20.1 Å². The number of hydrogen-bond donors (Lipinski definition) is 8. The number of sulfonamides is 1. The van der Waals surface area contributed by atoms with Gasteiger partial charge in [-0.1, -0.05) is 29.8 Å². The normalized spacial score (nSPS) is 17.6. The number of carbonyl (C=O) groups excluding carboxylic acids is 1. The van der Waals surface area contributed by atoms with Gasteiger partial charge >= 0.3 is 6.03 Å². The second-order valence-corrected chi connectivity index (χ2v) is 15.0. The number of unbranched alkanes of at least 4 members (excludes halogenated alkanes) is 1. The minimum Gasteiger partial charge on any atom is -0.490 e. The number of halogens is 1. The molecule has 2 aliphatic carbocycles. The van der Waals surface area contributed by atoms with E-state index in [4.69, 9.17) is 26.2 Å². The Morgan fingerprint density at radius 1 is 0.980 bits per heavy atom. The summed E-state index contributed by atoms with van der Waals surface area (Å²) < 4.78 is 41.5. The van der Waals surface area contributed by atoms with Crippen molar-refractivity contribution in [1.29, 1.82) is 0 Å². The van der Waals surface area contributed by atoms with Gasteiger partial charge in [-0.3, -0.25) is 4.98 Å². The van der Waals surface area contributed by atoms with E-state index in [1.54, 1.807) is 6.20 Å². The summed E-state index contributed by atoms with van der Waals surface area (Å²) in [4.78, 5) is 16.6. The molecule has 5 rings (SSSR count). The standard InChI is InChI=1S/C35H45ClN4O10S/c36-28-10-9-24(51(47,48)39-15-4-3-14-38-34(46)40-29(19-41)32(44)33(45)30(43)20-42)17-22(28)21-49-35(12-13-35)27-18-37-16-11-25(27)26-5-1-2-6-31(26)50-23-7-8-23/h1-2,5-6,9-11,16-18,23,29-30,32-33,39,41-45H,3-4,7-8,12-15,19-21H2,(H2,38,40,46)/t29-,30+,32+,33+/m0/s1. The van der Waals surface area contributed by atoms with Crippen LogP contribution in [-0.4, -0.2) is 102 Å². The molecule has 0 bridgehead atoms. The summed E-state index contributed by atoms with van der Waals surface area (Å²) >= 11 is 6.50. The van der Waals surface area contributed by atoms with E-state index in [9.17, 15) is 33.6 Å². The monoisotopic (exact) mass is 748 g/mol. The van der Waals surface area contributed by atoms with Gasteiger partial charge in [0.15, 0.2) is 0 Å². The maximum atomic E-state index is 13.1. The van der Waals surface area contributed by atoms with Crippen LogP contribution in [0.5, 0.6) is 5.75 Å². The summed E-state index contributed by atoms with van der Waals surface area (Å²) in [5.41, 5.74) is 2.81. The number of aromatic nitrogens is 1. The van der Waals surface area contributed by atoms with Gasteiger partial charge in [0.25, 0.3) is 0 Å². The first-order chi connectivity index (χ1) is 24.5. The van der Waals surface area contributed by atoms with Gasteiger partial charge < -0.3 is 45.6 Å². The number of aliphatic hydroxyl groups excluding tert-OH is 5. The van der Waals surface area contributed by atoms with Crippen LogP contribution in [0, 0.1) is 0 Å². The van der Waals surface area contributed by atoms with Crippen molar-refractivity contribution in [2.45, 2.75) is 86.1 Å². The number of benzene rings is 2. The number of para-hydroxylation sites is 1. The van der Waals surface area contributed by atoms with E-state index in [2.05, 4.69) is 20.3 Å². The zero-order chi connectivity index (χ0) is 36.6. The van der Waals surface area contributed by atoms with Crippen molar-refractivity contribution in [2.24, 2.45) is 0 Å². The van der Waals surface area contributed by atoms with Crippen LogP contribution in [0.3, 0.4) is 0 Å². The highest BCUT2D eigenvalue weighted by atomic mass is 35.5. The summed E-state index contributed by atoms with van der Waals surface area (Å²) in [6.07, 6.45) is 3.02. The summed E-state index contributed by atoms with van der Waals surface area (Å²) in [6.45, 7) is -1.24. The lowest BCUT2D eigenvalue weighted by atomic mass is 9.96.